The van der Waals surface area contributed by atoms with Gasteiger partial charge in [0.25, 0.3) is 5.91 Å². The van der Waals surface area contributed by atoms with E-state index < -0.39 is 0 Å². The summed E-state index contributed by atoms with van der Waals surface area (Å²) < 4.78 is 10.8. The van der Waals surface area contributed by atoms with Gasteiger partial charge in [0.1, 0.15) is 5.76 Å². The van der Waals surface area contributed by atoms with Crippen molar-refractivity contribution in [2.75, 3.05) is 18.1 Å². The van der Waals surface area contributed by atoms with Gasteiger partial charge in [-0.15, -0.1) is 11.3 Å². The van der Waals surface area contributed by atoms with Crippen LogP contribution in [0, 0.1) is 6.92 Å². The van der Waals surface area contributed by atoms with Gasteiger partial charge in [-0.05, 0) is 38.0 Å². The molecule has 28 heavy (non-hydrogen) atoms. The lowest BCUT2D eigenvalue weighted by Gasteiger charge is -2.22. The van der Waals surface area contributed by atoms with Crippen LogP contribution in [0.25, 0.3) is 11.3 Å². The highest BCUT2D eigenvalue weighted by Crippen LogP contribution is 2.34. The number of amides is 1. The molecule has 0 radical (unpaired) electrons. The predicted octanol–water partition coefficient (Wildman–Crippen LogP) is 5.24. The lowest BCUT2D eigenvalue weighted by atomic mass is 10.2. The zero-order chi connectivity index (χ0) is 19.7. The average molecular weight is 438 g/mol. The molecule has 3 heterocycles. The summed E-state index contributed by atoms with van der Waals surface area (Å²) in [6.45, 7) is 2.86. The number of aromatic nitrogens is 2. The first-order valence-electron chi connectivity index (χ1n) is 8.79. The molecule has 0 N–H and O–H groups in total. The van der Waals surface area contributed by atoms with Gasteiger partial charge in [0.05, 0.1) is 23.4 Å². The predicted molar refractivity (Wildman–Crippen MR) is 109 cm³/mol. The molecule has 0 spiro atoms. The second-order valence-electron chi connectivity index (χ2n) is 6.51. The van der Waals surface area contributed by atoms with Crippen molar-refractivity contribution < 1.29 is 14.1 Å². The summed E-state index contributed by atoms with van der Waals surface area (Å²) in [4.78, 5) is 19.3. The van der Waals surface area contributed by atoms with Crippen molar-refractivity contribution in [2.45, 2.75) is 25.9 Å². The largest absolute Gasteiger partial charge is 0.376 e. The Hall–Kier alpha value is -1.93. The summed E-state index contributed by atoms with van der Waals surface area (Å²) in [5, 5.41) is 7.35. The first-order chi connectivity index (χ1) is 13.5. The van der Waals surface area contributed by atoms with E-state index in [1.165, 1.54) is 11.3 Å². The Morgan fingerprint density at radius 2 is 2.21 bits per heavy atom. The second-order valence-corrected chi connectivity index (χ2v) is 8.19. The number of rotatable bonds is 5. The molecular weight excluding hydrogens is 421 g/mol. The quantitative estimate of drug-likeness (QED) is 0.545. The fourth-order valence-electron chi connectivity index (χ4n) is 3.05. The van der Waals surface area contributed by atoms with E-state index in [4.69, 9.17) is 32.5 Å². The van der Waals surface area contributed by atoms with Gasteiger partial charge in [-0.25, -0.2) is 4.98 Å². The molecule has 1 aliphatic rings. The lowest BCUT2D eigenvalue weighted by Crippen LogP contribution is -2.37. The summed E-state index contributed by atoms with van der Waals surface area (Å²) in [5.74, 6) is 0.309. The van der Waals surface area contributed by atoms with Crippen molar-refractivity contribution in [1.82, 2.24) is 10.1 Å². The minimum atomic E-state index is -0.268. The monoisotopic (exact) mass is 437 g/mol. The third-order valence-electron chi connectivity index (χ3n) is 4.43. The topological polar surface area (TPSA) is 68.5 Å². The summed E-state index contributed by atoms with van der Waals surface area (Å²) in [6.07, 6.45) is 1.87. The highest BCUT2D eigenvalue weighted by atomic mass is 35.5. The van der Waals surface area contributed by atoms with Gasteiger partial charge in [0.2, 0.25) is 0 Å². The maximum Gasteiger partial charge on any atom is 0.282 e. The van der Waals surface area contributed by atoms with E-state index >= 15 is 0 Å². The normalized spacial score (nSPS) is 16.5. The van der Waals surface area contributed by atoms with Gasteiger partial charge < -0.3 is 9.26 Å². The van der Waals surface area contributed by atoms with Crippen LogP contribution in [0.5, 0.6) is 0 Å². The third kappa shape index (κ3) is 4.07. The number of anilines is 1. The second kappa shape index (κ2) is 8.21. The van der Waals surface area contributed by atoms with Crippen LogP contribution >= 0.6 is 34.5 Å². The van der Waals surface area contributed by atoms with Crippen LogP contribution in [0.4, 0.5) is 5.13 Å². The van der Waals surface area contributed by atoms with Crippen LogP contribution in [0.15, 0.2) is 34.2 Å². The Labute approximate surface area is 176 Å². The third-order valence-corrected chi connectivity index (χ3v) is 5.84. The van der Waals surface area contributed by atoms with Gasteiger partial charge in [-0.2, -0.15) is 0 Å². The van der Waals surface area contributed by atoms with E-state index in [1.54, 1.807) is 30.0 Å². The number of carbonyl (C=O) groups excluding carboxylic acids is 1. The maximum atomic E-state index is 13.1. The zero-order valence-corrected chi connectivity index (χ0v) is 17.4. The molecule has 2 aromatic heterocycles. The van der Waals surface area contributed by atoms with Crippen LogP contribution in [-0.2, 0) is 4.74 Å². The SMILES string of the molecule is Cc1cc(C(=O)N(C[C@H]2CCCO2)c2nc(-c3ccc(Cl)cc3Cl)cs2)no1. The number of aryl methyl sites for hydroxylation is 1. The summed E-state index contributed by atoms with van der Waals surface area (Å²) in [6, 6.07) is 6.87. The fourth-order valence-corrected chi connectivity index (χ4v) is 4.39. The van der Waals surface area contributed by atoms with Gasteiger partial charge in [0.15, 0.2) is 10.8 Å². The Morgan fingerprint density at radius 3 is 2.89 bits per heavy atom. The van der Waals surface area contributed by atoms with Crippen molar-refractivity contribution in [1.29, 1.82) is 0 Å². The molecule has 9 heteroatoms. The van der Waals surface area contributed by atoms with Gasteiger partial charge >= 0.3 is 0 Å². The Morgan fingerprint density at radius 1 is 1.36 bits per heavy atom. The van der Waals surface area contributed by atoms with Gasteiger partial charge in [0, 0.05) is 28.6 Å². The molecule has 3 aromatic rings. The van der Waals surface area contributed by atoms with E-state index in [0.29, 0.717) is 39.8 Å². The van der Waals surface area contributed by atoms with E-state index in [0.717, 1.165) is 18.4 Å². The minimum Gasteiger partial charge on any atom is -0.376 e. The van der Waals surface area contributed by atoms with Crippen molar-refractivity contribution in [2.24, 2.45) is 0 Å². The van der Waals surface area contributed by atoms with Crippen LogP contribution in [0.2, 0.25) is 10.0 Å². The van der Waals surface area contributed by atoms with Crippen LogP contribution in [0.1, 0.15) is 29.1 Å². The van der Waals surface area contributed by atoms with Crippen molar-refractivity contribution in [3.05, 3.63) is 51.1 Å². The average Bonchev–Trinajstić information content (AvgIpc) is 3.41. The van der Waals surface area contributed by atoms with Gasteiger partial charge in [-0.3, -0.25) is 9.69 Å². The molecule has 146 valence electrons. The number of hydrogen-bond acceptors (Lipinski definition) is 6. The molecule has 1 saturated heterocycles. The molecule has 1 fully saturated rings. The van der Waals surface area contributed by atoms with Crippen molar-refractivity contribution in [3.8, 4) is 11.3 Å². The Balaban J connectivity index is 1.66. The molecule has 0 bridgehead atoms. The molecule has 1 atom stereocenters. The van der Waals surface area contributed by atoms with Crippen molar-refractivity contribution >= 4 is 45.6 Å². The van der Waals surface area contributed by atoms with Crippen molar-refractivity contribution in [3.63, 3.8) is 0 Å². The maximum absolute atomic E-state index is 13.1. The highest BCUT2D eigenvalue weighted by molar-refractivity contribution is 7.14. The van der Waals surface area contributed by atoms with E-state index in [1.807, 2.05) is 11.4 Å². The summed E-state index contributed by atoms with van der Waals surface area (Å²) in [7, 11) is 0. The number of hydrogen-bond donors (Lipinski definition) is 0. The molecule has 0 aliphatic carbocycles. The minimum absolute atomic E-state index is 0.0246. The molecule has 4 rings (SSSR count). The van der Waals surface area contributed by atoms with E-state index in [9.17, 15) is 4.79 Å². The smallest absolute Gasteiger partial charge is 0.282 e. The molecule has 1 amide bonds. The Bertz CT molecular complexity index is 998. The molecule has 1 aromatic carbocycles. The summed E-state index contributed by atoms with van der Waals surface area (Å²) >= 11 is 13.7. The van der Waals surface area contributed by atoms with E-state index in [2.05, 4.69) is 10.1 Å². The zero-order valence-electron chi connectivity index (χ0n) is 15.0. The first-order valence-corrected chi connectivity index (χ1v) is 10.4. The molecule has 1 aliphatic heterocycles. The van der Waals surface area contributed by atoms with Crippen LogP contribution in [0.3, 0.4) is 0 Å². The standard InChI is InChI=1S/C19H17Cl2N3O3S/c1-11-7-16(23-27-11)18(25)24(9-13-3-2-6-26-13)19-22-17(10-28-19)14-5-4-12(20)8-15(14)21/h4-5,7-8,10,13H,2-3,6,9H2,1H3/t13-/m1/s1. The van der Waals surface area contributed by atoms with Gasteiger partial charge in [-0.1, -0.05) is 28.4 Å². The molecular formula is C19H17Cl2N3O3S. The number of nitrogens with zero attached hydrogens (tertiary/aromatic N) is 3. The van der Waals surface area contributed by atoms with E-state index in [-0.39, 0.29) is 17.7 Å². The molecule has 0 saturated carbocycles. The number of carbonyl (C=O) groups is 1. The number of halogens is 2. The number of ether oxygens (including phenoxy) is 1. The Kier molecular flexibility index (Phi) is 5.68. The van der Waals surface area contributed by atoms with Crippen LogP contribution in [-0.4, -0.2) is 35.3 Å². The summed E-state index contributed by atoms with van der Waals surface area (Å²) in [5.41, 5.74) is 1.69. The number of thiazole rings is 1. The highest BCUT2D eigenvalue weighted by Gasteiger charge is 2.28. The number of benzene rings is 1. The fraction of sp³-hybridized carbons (Fsp3) is 0.316. The first kappa shape index (κ1) is 19.4. The van der Waals surface area contributed by atoms with Crippen LogP contribution < -0.4 is 4.90 Å². The lowest BCUT2D eigenvalue weighted by molar-refractivity contribution is 0.0910. The molecule has 6 nitrogen and oxygen atoms in total. The molecule has 0 unspecified atom stereocenters.